The van der Waals surface area contributed by atoms with Crippen LogP contribution in [-0.2, 0) is 6.54 Å². The van der Waals surface area contributed by atoms with Crippen LogP contribution in [0.4, 0.5) is 0 Å². The third kappa shape index (κ3) is 3.51. The molecule has 5 heteroatoms. The zero-order valence-electron chi connectivity index (χ0n) is 14.0. The first-order valence-corrected chi connectivity index (χ1v) is 7.78. The third-order valence-corrected chi connectivity index (χ3v) is 3.81. The van der Waals surface area contributed by atoms with E-state index in [1.807, 2.05) is 63.2 Å². The standard InChI is InChI=1S/C19H19N3O2/c1-12-5-8-15(9-6-12)19-21-17(22-24-19)11-20-18(23)16-10-13(2)4-7-14(16)3/h4-10H,11H2,1-3H3,(H,20,23). The number of nitrogens with one attached hydrogen (secondary N) is 1. The molecule has 0 saturated carbocycles. The lowest BCUT2D eigenvalue weighted by molar-refractivity contribution is 0.0949. The smallest absolute Gasteiger partial charge is 0.257 e. The molecule has 1 amide bonds. The number of hydrogen-bond donors (Lipinski definition) is 1. The van der Waals surface area contributed by atoms with E-state index in [1.165, 1.54) is 5.56 Å². The fourth-order valence-corrected chi connectivity index (χ4v) is 2.37. The lowest BCUT2D eigenvalue weighted by atomic mass is 10.1. The first kappa shape index (κ1) is 15.9. The maximum atomic E-state index is 12.3. The van der Waals surface area contributed by atoms with Crippen LogP contribution in [0, 0.1) is 20.8 Å². The van der Waals surface area contributed by atoms with E-state index in [0.29, 0.717) is 17.3 Å². The summed E-state index contributed by atoms with van der Waals surface area (Å²) in [5.41, 5.74) is 4.68. The molecule has 1 heterocycles. The number of rotatable bonds is 4. The molecule has 24 heavy (non-hydrogen) atoms. The van der Waals surface area contributed by atoms with Gasteiger partial charge in [0.25, 0.3) is 11.8 Å². The number of amides is 1. The highest BCUT2D eigenvalue weighted by Gasteiger charge is 2.12. The van der Waals surface area contributed by atoms with Crippen LogP contribution < -0.4 is 5.32 Å². The molecule has 1 N–H and O–H groups in total. The van der Waals surface area contributed by atoms with Gasteiger partial charge in [-0.15, -0.1) is 0 Å². The molecule has 0 spiro atoms. The third-order valence-electron chi connectivity index (χ3n) is 3.81. The highest BCUT2D eigenvalue weighted by atomic mass is 16.5. The second-order valence-corrected chi connectivity index (χ2v) is 5.88. The quantitative estimate of drug-likeness (QED) is 0.797. The number of hydrogen-bond acceptors (Lipinski definition) is 4. The van der Waals surface area contributed by atoms with Gasteiger partial charge in [0, 0.05) is 11.1 Å². The van der Waals surface area contributed by atoms with E-state index < -0.39 is 0 Å². The summed E-state index contributed by atoms with van der Waals surface area (Å²) in [4.78, 5) is 16.6. The molecular weight excluding hydrogens is 302 g/mol. The number of carbonyl (C=O) groups is 1. The summed E-state index contributed by atoms with van der Waals surface area (Å²) in [7, 11) is 0. The number of nitrogens with zero attached hydrogens (tertiary/aromatic N) is 2. The lowest BCUT2D eigenvalue weighted by Crippen LogP contribution is -2.24. The van der Waals surface area contributed by atoms with Gasteiger partial charge in [0.2, 0.25) is 0 Å². The van der Waals surface area contributed by atoms with E-state index in [2.05, 4.69) is 15.5 Å². The number of carbonyl (C=O) groups excluding carboxylic acids is 1. The lowest BCUT2D eigenvalue weighted by Gasteiger charge is -2.06. The molecule has 0 atom stereocenters. The maximum absolute atomic E-state index is 12.3. The van der Waals surface area contributed by atoms with Crippen molar-refractivity contribution in [3.05, 3.63) is 70.5 Å². The van der Waals surface area contributed by atoms with Gasteiger partial charge in [-0.05, 0) is 44.5 Å². The van der Waals surface area contributed by atoms with Gasteiger partial charge in [0.1, 0.15) is 0 Å². The predicted molar refractivity (Wildman–Crippen MR) is 91.6 cm³/mol. The molecule has 0 radical (unpaired) electrons. The first-order valence-electron chi connectivity index (χ1n) is 7.78. The van der Waals surface area contributed by atoms with Crippen LogP contribution in [0.2, 0.25) is 0 Å². The maximum Gasteiger partial charge on any atom is 0.257 e. The van der Waals surface area contributed by atoms with Crippen LogP contribution in [0.1, 0.15) is 32.9 Å². The minimum Gasteiger partial charge on any atom is -0.345 e. The molecule has 5 nitrogen and oxygen atoms in total. The normalized spacial score (nSPS) is 10.6. The Hall–Kier alpha value is -2.95. The molecule has 1 aromatic heterocycles. The Labute approximate surface area is 140 Å². The fourth-order valence-electron chi connectivity index (χ4n) is 2.37. The van der Waals surface area contributed by atoms with Gasteiger partial charge in [-0.1, -0.05) is 40.5 Å². The van der Waals surface area contributed by atoms with Gasteiger partial charge >= 0.3 is 0 Å². The molecule has 0 aliphatic rings. The molecule has 122 valence electrons. The first-order chi connectivity index (χ1) is 11.5. The summed E-state index contributed by atoms with van der Waals surface area (Å²) in [5.74, 6) is 0.758. The second kappa shape index (κ2) is 6.66. The fraction of sp³-hybridized carbons (Fsp3) is 0.211. The Bertz CT molecular complexity index is 867. The molecule has 0 saturated heterocycles. The van der Waals surface area contributed by atoms with Crippen LogP contribution in [0.15, 0.2) is 47.0 Å². The van der Waals surface area contributed by atoms with Crippen LogP contribution in [-0.4, -0.2) is 16.0 Å². The minimum atomic E-state index is -0.141. The van der Waals surface area contributed by atoms with Gasteiger partial charge in [0.15, 0.2) is 5.82 Å². The van der Waals surface area contributed by atoms with Crippen molar-refractivity contribution in [1.82, 2.24) is 15.5 Å². The summed E-state index contributed by atoms with van der Waals surface area (Å²) in [6.07, 6.45) is 0. The summed E-state index contributed by atoms with van der Waals surface area (Å²) in [6.45, 7) is 6.12. The zero-order chi connectivity index (χ0) is 17.1. The average molecular weight is 321 g/mol. The molecule has 3 rings (SSSR count). The summed E-state index contributed by atoms with van der Waals surface area (Å²) < 4.78 is 5.26. The van der Waals surface area contributed by atoms with Gasteiger partial charge in [-0.2, -0.15) is 4.98 Å². The van der Waals surface area contributed by atoms with Gasteiger partial charge in [0.05, 0.1) is 6.54 Å². The molecule has 2 aromatic carbocycles. The van der Waals surface area contributed by atoms with Crippen molar-refractivity contribution >= 4 is 5.91 Å². The zero-order valence-corrected chi connectivity index (χ0v) is 14.0. The van der Waals surface area contributed by atoms with Crippen LogP contribution in [0.3, 0.4) is 0 Å². The van der Waals surface area contributed by atoms with E-state index in [0.717, 1.165) is 16.7 Å². The van der Waals surface area contributed by atoms with Crippen molar-refractivity contribution in [2.24, 2.45) is 0 Å². The summed E-state index contributed by atoms with van der Waals surface area (Å²) in [6, 6.07) is 13.6. The molecule has 0 aliphatic heterocycles. The number of aromatic nitrogens is 2. The van der Waals surface area contributed by atoms with E-state index in [1.54, 1.807) is 0 Å². The van der Waals surface area contributed by atoms with Gasteiger partial charge in [-0.3, -0.25) is 4.79 Å². The Balaban J connectivity index is 1.68. The van der Waals surface area contributed by atoms with E-state index >= 15 is 0 Å². The average Bonchev–Trinajstić information content (AvgIpc) is 3.04. The summed E-state index contributed by atoms with van der Waals surface area (Å²) >= 11 is 0. The van der Waals surface area contributed by atoms with Crippen LogP contribution in [0.5, 0.6) is 0 Å². The Morgan fingerprint density at radius 1 is 1.04 bits per heavy atom. The van der Waals surface area contributed by atoms with Gasteiger partial charge < -0.3 is 9.84 Å². The van der Waals surface area contributed by atoms with Crippen LogP contribution >= 0.6 is 0 Å². The predicted octanol–water partition coefficient (Wildman–Crippen LogP) is 3.59. The van der Waals surface area contributed by atoms with Crippen molar-refractivity contribution in [2.45, 2.75) is 27.3 Å². The molecule has 0 bridgehead atoms. The number of benzene rings is 2. The van der Waals surface area contributed by atoms with Gasteiger partial charge in [-0.25, -0.2) is 0 Å². The Kier molecular flexibility index (Phi) is 4.42. The Morgan fingerprint density at radius 2 is 1.75 bits per heavy atom. The molecule has 3 aromatic rings. The van der Waals surface area contributed by atoms with Crippen molar-refractivity contribution < 1.29 is 9.32 Å². The highest BCUT2D eigenvalue weighted by Crippen LogP contribution is 2.17. The molecule has 0 aliphatic carbocycles. The van der Waals surface area contributed by atoms with Crippen LogP contribution in [0.25, 0.3) is 11.5 Å². The SMILES string of the molecule is Cc1ccc(-c2nc(CNC(=O)c3cc(C)ccc3C)no2)cc1. The number of aryl methyl sites for hydroxylation is 3. The summed E-state index contributed by atoms with van der Waals surface area (Å²) in [5, 5.41) is 6.75. The highest BCUT2D eigenvalue weighted by molar-refractivity contribution is 5.95. The van der Waals surface area contributed by atoms with E-state index in [-0.39, 0.29) is 12.5 Å². The minimum absolute atomic E-state index is 0.141. The van der Waals surface area contributed by atoms with Crippen molar-refractivity contribution in [3.63, 3.8) is 0 Å². The largest absolute Gasteiger partial charge is 0.345 e. The molecule has 0 fully saturated rings. The molecular formula is C19H19N3O2. The second-order valence-electron chi connectivity index (χ2n) is 5.88. The van der Waals surface area contributed by atoms with Crippen molar-refractivity contribution in [2.75, 3.05) is 0 Å². The Morgan fingerprint density at radius 3 is 2.50 bits per heavy atom. The van der Waals surface area contributed by atoms with E-state index in [9.17, 15) is 4.79 Å². The van der Waals surface area contributed by atoms with E-state index in [4.69, 9.17) is 4.52 Å². The van der Waals surface area contributed by atoms with Crippen molar-refractivity contribution in [1.29, 1.82) is 0 Å². The topological polar surface area (TPSA) is 68.0 Å². The van der Waals surface area contributed by atoms with Crippen molar-refractivity contribution in [3.8, 4) is 11.5 Å². The monoisotopic (exact) mass is 321 g/mol. The molecule has 0 unspecified atom stereocenters.